The first-order valence-corrected chi connectivity index (χ1v) is 8.48. The summed E-state index contributed by atoms with van der Waals surface area (Å²) in [5.41, 5.74) is 4.89. The van der Waals surface area contributed by atoms with Crippen LogP contribution in [-0.2, 0) is 6.54 Å². The number of aryl methyl sites for hydroxylation is 2. The van der Waals surface area contributed by atoms with Crippen LogP contribution >= 0.6 is 0 Å². The maximum atomic E-state index is 8.96. The van der Waals surface area contributed by atoms with Gasteiger partial charge in [-0.15, -0.1) is 0 Å². The zero-order valence-electron chi connectivity index (χ0n) is 14.3. The Morgan fingerprint density at radius 3 is 2.83 bits per heavy atom. The van der Waals surface area contributed by atoms with Crippen LogP contribution in [0.25, 0.3) is 0 Å². The Morgan fingerprint density at radius 2 is 2.00 bits per heavy atom. The smallest absolute Gasteiger partial charge is 0.124 e. The second kappa shape index (κ2) is 7.69. The third kappa shape index (κ3) is 3.71. The Balaban J connectivity index is 1.74. The van der Waals surface area contributed by atoms with Gasteiger partial charge in [0.1, 0.15) is 18.1 Å². The minimum absolute atomic E-state index is 0.0216. The van der Waals surface area contributed by atoms with Crippen LogP contribution in [0.1, 0.15) is 34.7 Å². The highest BCUT2D eigenvalue weighted by Crippen LogP contribution is 2.34. The highest BCUT2D eigenvalue weighted by molar-refractivity contribution is 5.44. The first-order valence-electron chi connectivity index (χ1n) is 8.48. The van der Waals surface area contributed by atoms with Crippen LogP contribution in [0.5, 0.6) is 11.5 Å². The highest BCUT2D eigenvalue weighted by Gasteiger charge is 2.22. The Labute approximate surface area is 143 Å². The molecule has 0 spiro atoms. The molecule has 1 aliphatic rings. The Kier molecular flexibility index (Phi) is 5.38. The molecule has 128 valence electrons. The molecule has 4 nitrogen and oxygen atoms in total. The molecule has 1 heterocycles. The number of benzene rings is 2. The fraction of sp³-hybridized carbons (Fsp3) is 0.400. The molecule has 0 amide bonds. The molecular formula is C20H25NO3. The molecule has 0 saturated heterocycles. The summed E-state index contributed by atoms with van der Waals surface area (Å²) in [6.07, 6.45) is 0.954. The number of para-hydroxylation sites is 1. The summed E-state index contributed by atoms with van der Waals surface area (Å²) >= 11 is 0. The van der Waals surface area contributed by atoms with Crippen molar-refractivity contribution in [1.82, 2.24) is 5.32 Å². The van der Waals surface area contributed by atoms with Gasteiger partial charge in [0.05, 0.1) is 13.2 Å². The highest BCUT2D eigenvalue weighted by atomic mass is 16.5. The van der Waals surface area contributed by atoms with Gasteiger partial charge < -0.3 is 19.9 Å². The number of nitrogens with one attached hydrogen (secondary N) is 1. The molecular weight excluding hydrogens is 302 g/mol. The molecule has 1 aliphatic heterocycles. The monoisotopic (exact) mass is 327 g/mol. The van der Waals surface area contributed by atoms with Crippen LogP contribution in [0.2, 0.25) is 0 Å². The quantitative estimate of drug-likeness (QED) is 0.855. The molecule has 3 rings (SSSR count). The molecule has 2 aromatic carbocycles. The van der Waals surface area contributed by atoms with Crippen LogP contribution in [0, 0.1) is 13.8 Å². The molecule has 0 aromatic heterocycles. The average molecular weight is 327 g/mol. The van der Waals surface area contributed by atoms with E-state index in [0.717, 1.165) is 36.6 Å². The first-order chi connectivity index (χ1) is 11.7. The molecule has 4 heteroatoms. The van der Waals surface area contributed by atoms with Gasteiger partial charge in [0.25, 0.3) is 0 Å². The average Bonchev–Trinajstić information content (AvgIpc) is 2.60. The summed E-state index contributed by atoms with van der Waals surface area (Å²) in [5.74, 6) is 1.82. The minimum atomic E-state index is 0.0216. The Morgan fingerprint density at radius 1 is 1.21 bits per heavy atom. The second-order valence-electron chi connectivity index (χ2n) is 6.22. The van der Waals surface area contributed by atoms with Crippen molar-refractivity contribution >= 4 is 0 Å². The standard InChI is InChI=1S/C20H25NO3/c1-14-11-17-18(7-9-23-20(17)12-15(14)2)21-13-16-5-3-4-6-19(16)24-10-8-22/h3-6,11-12,18,21-22H,7-10,13H2,1-2H3. The molecule has 0 aliphatic carbocycles. The fourth-order valence-electron chi connectivity index (χ4n) is 3.04. The van der Waals surface area contributed by atoms with Crippen LogP contribution < -0.4 is 14.8 Å². The van der Waals surface area contributed by atoms with Gasteiger partial charge in [-0.2, -0.15) is 0 Å². The SMILES string of the molecule is Cc1cc2c(cc1C)C(NCc1ccccc1OCCO)CCO2. The number of hydrogen-bond donors (Lipinski definition) is 2. The van der Waals surface area contributed by atoms with E-state index in [2.05, 4.69) is 37.4 Å². The van der Waals surface area contributed by atoms with Crippen LogP contribution in [-0.4, -0.2) is 24.9 Å². The van der Waals surface area contributed by atoms with E-state index >= 15 is 0 Å². The van der Waals surface area contributed by atoms with Crippen molar-refractivity contribution in [2.24, 2.45) is 0 Å². The maximum Gasteiger partial charge on any atom is 0.124 e. The molecule has 0 bridgehead atoms. The second-order valence-corrected chi connectivity index (χ2v) is 6.22. The molecule has 1 unspecified atom stereocenters. The summed E-state index contributed by atoms with van der Waals surface area (Å²) in [6.45, 7) is 6.04. The van der Waals surface area contributed by atoms with Crippen LogP contribution in [0.4, 0.5) is 0 Å². The number of aliphatic hydroxyl groups excluding tert-OH is 1. The first kappa shape index (κ1) is 16.8. The summed E-state index contributed by atoms with van der Waals surface area (Å²) in [6, 6.07) is 12.6. The molecule has 0 fully saturated rings. The van der Waals surface area contributed by atoms with Gasteiger partial charge in [-0.25, -0.2) is 0 Å². The lowest BCUT2D eigenvalue weighted by atomic mass is 9.96. The number of aliphatic hydroxyl groups is 1. The molecule has 24 heavy (non-hydrogen) atoms. The van der Waals surface area contributed by atoms with E-state index in [-0.39, 0.29) is 12.6 Å². The maximum absolute atomic E-state index is 8.96. The number of ether oxygens (including phenoxy) is 2. The molecule has 2 aromatic rings. The van der Waals surface area contributed by atoms with E-state index in [9.17, 15) is 0 Å². The lowest BCUT2D eigenvalue weighted by molar-refractivity contribution is 0.199. The predicted octanol–water partition coefficient (Wildman–Crippen LogP) is 3.29. The molecule has 0 saturated carbocycles. The zero-order valence-corrected chi connectivity index (χ0v) is 14.3. The van der Waals surface area contributed by atoms with Gasteiger partial charge in [0.15, 0.2) is 0 Å². The third-order valence-electron chi connectivity index (χ3n) is 4.53. The number of rotatable bonds is 6. The van der Waals surface area contributed by atoms with Gasteiger partial charge in [0, 0.05) is 30.1 Å². The van der Waals surface area contributed by atoms with Crippen LogP contribution in [0.15, 0.2) is 36.4 Å². The Bertz CT molecular complexity index is 699. The van der Waals surface area contributed by atoms with Crippen molar-refractivity contribution in [2.75, 3.05) is 19.8 Å². The number of fused-ring (bicyclic) bond motifs is 1. The zero-order chi connectivity index (χ0) is 16.9. The summed E-state index contributed by atoms with van der Waals surface area (Å²) in [4.78, 5) is 0. The molecule has 1 atom stereocenters. The van der Waals surface area contributed by atoms with Crippen LogP contribution in [0.3, 0.4) is 0 Å². The lowest BCUT2D eigenvalue weighted by Gasteiger charge is -2.28. The van der Waals surface area contributed by atoms with Crippen molar-refractivity contribution in [3.63, 3.8) is 0 Å². The van der Waals surface area contributed by atoms with E-state index in [4.69, 9.17) is 14.6 Å². The molecule has 0 radical (unpaired) electrons. The van der Waals surface area contributed by atoms with Gasteiger partial charge in [0.2, 0.25) is 0 Å². The van der Waals surface area contributed by atoms with E-state index in [1.54, 1.807) is 0 Å². The summed E-state index contributed by atoms with van der Waals surface area (Å²) < 4.78 is 11.4. The largest absolute Gasteiger partial charge is 0.493 e. The minimum Gasteiger partial charge on any atom is -0.493 e. The van der Waals surface area contributed by atoms with Crippen molar-refractivity contribution in [3.8, 4) is 11.5 Å². The summed E-state index contributed by atoms with van der Waals surface area (Å²) in [5, 5.41) is 12.6. The lowest BCUT2D eigenvalue weighted by Crippen LogP contribution is -2.27. The van der Waals surface area contributed by atoms with E-state index in [0.29, 0.717) is 6.61 Å². The third-order valence-corrected chi connectivity index (χ3v) is 4.53. The summed E-state index contributed by atoms with van der Waals surface area (Å²) in [7, 11) is 0. The van der Waals surface area contributed by atoms with Crippen molar-refractivity contribution in [1.29, 1.82) is 0 Å². The van der Waals surface area contributed by atoms with Gasteiger partial charge in [-0.05, 0) is 37.1 Å². The number of hydrogen-bond acceptors (Lipinski definition) is 4. The van der Waals surface area contributed by atoms with Crippen molar-refractivity contribution in [3.05, 3.63) is 58.7 Å². The van der Waals surface area contributed by atoms with Gasteiger partial charge >= 0.3 is 0 Å². The van der Waals surface area contributed by atoms with E-state index < -0.39 is 0 Å². The fourth-order valence-corrected chi connectivity index (χ4v) is 3.04. The van der Waals surface area contributed by atoms with E-state index in [1.165, 1.54) is 16.7 Å². The molecule has 2 N–H and O–H groups in total. The van der Waals surface area contributed by atoms with Crippen molar-refractivity contribution in [2.45, 2.75) is 32.9 Å². The van der Waals surface area contributed by atoms with Crippen molar-refractivity contribution < 1.29 is 14.6 Å². The predicted molar refractivity (Wildman–Crippen MR) is 94.6 cm³/mol. The van der Waals surface area contributed by atoms with Gasteiger partial charge in [-0.3, -0.25) is 0 Å². The van der Waals surface area contributed by atoms with Gasteiger partial charge in [-0.1, -0.05) is 24.3 Å². The topological polar surface area (TPSA) is 50.7 Å². The van der Waals surface area contributed by atoms with E-state index in [1.807, 2.05) is 18.2 Å². The normalized spacial score (nSPS) is 16.4. The Hall–Kier alpha value is -2.04.